The summed E-state index contributed by atoms with van der Waals surface area (Å²) in [7, 11) is 0. The molecule has 6 N–H and O–H groups in total. The summed E-state index contributed by atoms with van der Waals surface area (Å²) in [6, 6.07) is 3.89. The summed E-state index contributed by atoms with van der Waals surface area (Å²) in [6.07, 6.45) is -5.36. The standard InChI is InChI=1S/C15H18O9/c16-6-10-12(20)13(21)14(22)15(23-10)24-11(19)4-2-7-1-3-8(17)9(18)5-7/h1-5,10,12-18,20-22H,6H2/b4-2+/t10?,12-,13-,14?,15+/m1/s1. The van der Waals surface area contributed by atoms with Gasteiger partial charge in [0.25, 0.3) is 0 Å². The molecule has 0 radical (unpaired) electrons. The van der Waals surface area contributed by atoms with Gasteiger partial charge in [0.05, 0.1) is 6.61 Å². The monoisotopic (exact) mass is 342 g/mol. The molecule has 0 aromatic heterocycles. The van der Waals surface area contributed by atoms with Gasteiger partial charge in [-0.25, -0.2) is 4.79 Å². The molecule has 1 aromatic carbocycles. The molecule has 1 aliphatic rings. The number of hydrogen-bond acceptors (Lipinski definition) is 9. The van der Waals surface area contributed by atoms with Crippen molar-refractivity contribution in [3.63, 3.8) is 0 Å². The maximum Gasteiger partial charge on any atom is 0.333 e. The number of hydrogen-bond donors (Lipinski definition) is 6. The predicted molar refractivity (Wildman–Crippen MR) is 78.7 cm³/mol. The minimum Gasteiger partial charge on any atom is -0.504 e. The third kappa shape index (κ3) is 4.02. The van der Waals surface area contributed by atoms with Crippen molar-refractivity contribution in [1.29, 1.82) is 0 Å². The molecule has 2 unspecified atom stereocenters. The summed E-state index contributed by atoms with van der Waals surface area (Å²) in [6.45, 7) is -0.637. The van der Waals surface area contributed by atoms with E-state index in [2.05, 4.69) is 0 Å². The zero-order valence-corrected chi connectivity index (χ0v) is 12.4. The highest BCUT2D eigenvalue weighted by atomic mass is 16.7. The lowest BCUT2D eigenvalue weighted by molar-refractivity contribution is -0.291. The van der Waals surface area contributed by atoms with Crippen molar-refractivity contribution in [2.75, 3.05) is 6.61 Å². The second-order valence-corrected chi connectivity index (χ2v) is 5.22. The average molecular weight is 342 g/mol. The first-order chi connectivity index (χ1) is 11.3. The molecular weight excluding hydrogens is 324 g/mol. The highest BCUT2D eigenvalue weighted by molar-refractivity contribution is 5.87. The van der Waals surface area contributed by atoms with E-state index in [1.54, 1.807) is 0 Å². The van der Waals surface area contributed by atoms with Crippen LogP contribution in [0.3, 0.4) is 0 Å². The van der Waals surface area contributed by atoms with E-state index in [4.69, 9.17) is 14.6 Å². The average Bonchev–Trinajstić information content (AvgIpc) is 2.56. The number of esters is 1. The Morgan fingerprint density at radius 1 is 1.12 bits per heavy atom. The molecule has 9 nitrogen and oxygen atoms in total. The Morgan fingerprint density at radius 2 is 1.83 bits per heavy atom. The van der Waals surface area contributed by atoms with E-state index in [0.717, 1.165) is 6.08 Å². The van der Waals surface area contributed by atoms with Crippen molar-refractivity contribution >= 4 is 12.0 Å². The third-order valence-electron chi connectivity index (χ3n) is 3.49. The number of aliphatic hydroxyl groups is 4. The fraction of sp³-hybridized carbons (Fsp3) is 0.400. The number of ether oxygens (including phenoxy) is 2. The van der Waals surface area contributed by atoms with E-state index < -0.39 is 43.3 Å². The topological polar surface area (TPSA) is 157 Å². The van der Waals surface area contributed by atoms with E-state index in [-0.39, 0.29) is 11.5 Å². The maximum atomic E-state index is 11.7. The Hall–Kier alpha value is -2.17. The minimum atomic E-state index is -1.68. The van der Waals surface area contributed by atoms with Gasteiger partial charge in [-0.1, -0.05) is 6.07 Å². The zero-order chi connectivity index (χ0) is 17.9. The molecule has 0 aliphatic carbocycles. The molecular formula is C15H18O9. The lowest BCUT2D eigenvalue weighted by Crippen LogP contribution is -2.59. The smallest absolute Gasteiger partial charge is 0.333 e. The van der Waals surface area contributed by atoms with E-state index in [0.29, 0.717) is 5.56 Å². The number of carbonyl (C=O) groups is 1. The van der Waals surface area contributed by atoms with E-state index in [1.165, 1.54) is 24.3 Å². The number of rotatable bonds is 4. The van der Waals surface area contributed by atoms with E-state index in [9.17, 15) is 30.3 Å². The first-order valence-corrected chi connectivity index (χ1v) is 7.04. The summed E-state index contributed by atoms with van der Waals surface area (Å²) < 4.78 is 9.87. The molecule has 0 amide bonds. The molecule has 0 spiro atoms. The largest absolute Gasteiger partial charge is 0.504 e. The van der Waals surface area contributed by atoms with Gasteiger partial charge in [-0.05, 0) is 23.8 Å². The molecule has 1 aliphatic heterocycles. The van der Waals surface area contributed by atoms with Crippen LogP contribution in [0.15, 0.2) is 24.3 Å². The van der Waals surface area contributed by atoms with Gasteiger partial charge >= 0.3 is 5.97 Å². The first kappa shape index (κ1) is 18.2. The van der Waals surface area contributed by atoms with Gasteiger partial charge in [-0.15, -0.1) is 0 Å². The van der Waals surface area contributed by atoms with Gasteiger partial charge in [0, 0.05) is 6.08 Å². The van der Waals surface area contributed by atoms with Crippen molar-refractivity contribution < 1.29 is 44.9 Å². The summed E-state index contributed by atoms with van der Waals surface area (Å²) in [5.41, 5.74) is 0.399. The Morgan fingerprint density at radius 3 is 2.46 bits per heavy atom. The quantitative estimate of drug-likeness (QED) is 0.217. The Balaban J connectivity index is 2.00. The van der Waals surface area contributed by atoms with Crippen LogP contribution in [0, 0.1) is 0 Å². The number of phenolic OH excluding ortho intramolecular Hbond substituents is 2. The van der Waals surface area contributed by atoms with Gasteiger partial charge < -0.3 is 40.1 Å². The highest BCUT2D eigenvalue weighted by Crippen LogP contribution is 2.25. The normalized spacial score (nSPS) is 30.4. The second kappa shape index (κ2) is 7.60. The molecule has 0 bridgehead atoms. The van der Waals surface area contributed by atoms with Crippen LogP contribution < -0.4 is 0 Å². The molecule has 2 rings (SSSR count). The molecule has 9 heteroatoms. The van der Waals surface area contributed by atoms with Crippen molar-refractivity contribution in [2.45, 2.75) is 30.7 Å². The highest BCUT2D eigenvalue weighted by Gasteiger charge is 2.45. The van der Waals surface area contributed by atoms with Crippen LogP contribution in [0.2, 0.25) is 0 Å². The van der Waals surface area contributed by atoms with Crippen LogP contribution in [0.1, 0.15) is 5.56 Å². The molecule has 1 aromatic rings. The van der Waals surface area contributed by atoms with Crippen LogP contribution in [-0.4, -0.2) is 73.9 Å². The van der Waals surface area contributed by atoms with E-state index >= 15 is 0 Å². The van der Waals surface area contributed by atoms with Crippen molar-refractivity contribution in [2.24, 2.45) is 0 Å². The van der Waals surface area contributed by atoms with Crippen LogP contribution >= 0.6 is 0 Å². The maximum absolute atomic E-state index is 11.7. The van der Waals surface area contributed by atoms with Gasteiger partial charge in [-0.3, -0.25) is 0 Å². The molecule has 24 heavy (non-hydrogen) atoms. The number of aromatic hydroxyl groups is 2. The number of aliphatic hydroxyl groups excluding tert-OH is 4. The predicted octanol–water partition coefficient (Wildman–Crippen LogP) is -1.55. The van der Waals surface area contributed by atoms with Gasteiger partial charge in [-0.2, -0.15) is 0 Å². The molecule has 132 valence electrons. The van der Waals surface area contributed by atoms with Crippen LogP contribution in [0.4, 0.5) is 0 Å². The first-order valence-electron chi connectivity index (χ1n) is 7.04. The van der Waals surface area contributed by atoms with Crippen molar-refractivity contribution in [1.82, 2.24) is 0 Å². The summed E-state index contributed by atoms with van der Waals surface area (Å²) >= 11 is 0. The van der Waals surface area contributed by atoms with E-state index in [1.807, 2.05) is 0 Å². The fourth-order valence-corrected chi connectivity index (χ4v) is 2.13. The molecule has 5 atom stereocenters. The lowest BCUT2D eigenvalue weighted by atomic mass is 9.99. The Kier molecular flexibility index (Phi) is 5.75. The fourth-order valence-electron chi connectivity index (χ4n) is 2.13. The summed E-state index contributed by atoms with van der Waals surface area (Å²) in [4.78, 5) is 11.7. The van der Waals surface area contributed by atoms with Gasteiger partial charge in [0.1, 0.15) is 24.4 Å². The molecule has 1 saturated heterocycles. The number of carbonyl (C=O) groups excluding carboxylic acids is 1. The van der Waals surface area contributed by atoms with Crippen molar-refractivity contribution in [3.05, 3.63) is 29.8 Å². The Labute approximate surface area is 136 Å². The second-order valence-electron chi connectivity index (χ2n) is 5.22. The number of phenols is 2. The number of benzene rings is 1. The van der Waals surface area contributed by atoms with Gasteiger partial charge in [0.15, 0.2) is 11.5 Å². The molecule has 0 saturated carbocycles. The zero-order valence-electron chi connectivity index (χ0n) is 12.4. The van der Waals surface area contributed by atoms with Crippen LogP contribution in [-0.2, 0) is 14.3 Å². The summed E-state index contributed by atoms with van der Waals surface area (Å²) in [5.74, 6) is -1.60. The SMILES string of the molecule is O=C(/C=C/c1ccc(O)c(O)c1)O[C@@H]1OC(CO)[C@@H](O)[C@@H](O)C1O. The lowest BCUT2D eigenvalue weighted by Gasteiger charge is -2.38. The molecule has 1 heterocycles. The summed E-state index contributed by atoms with van der Waals surface area (Å²) in [5, 5.41) is 56.5. The third-order valence-corrected chi connectivity index (χ3v) is 3.49. The van der Waals surface area contributed by atoms with Crippen molar-refractivity contribution in [3.8, 4) is 11.5 Å². The van der Waals surface area contributed by atoms with Crippen LogP contribution in [0.5, 0.6) is 11.5 Å². The minimum absolute atomic E-state index is 0.309. The Bertz CT molecular complexity index is 613. The van der Waals surface area contributed by atoms with Gasteiger partial charge in [0.2, 0.25) is 6.29 Å². The molecule has 1 fully saturated rings. The van der Waals surface area contributed by atoms with Crippen LogP contribution in [0.25, 0.3) is 6.08 Å².